The van der Waals surface area contributed by atoms with E-state index in [9.17, 15) is 8.42 Å². The number of benzene rings is 2. The summed E-state index contributed by atoms with van der Waals surface area (Å²) in [4.78, 5) is 0.224. The number of unbranched alkanes of at least 4 members (excludes halogenated alkanes) is 1. The quantitative estimate of drug-likeness (QED) is 0.731. The van der Waals surface area contributed by atoms with Crippen LogP contribution in [0, 0.1) is 6.92 Å². The maximum Gasteiger partial charge on any atom is 0.282 e. The van der Waals surface area contributed by atoms with Crippen molar-refractivity contribution < 1.29 is 8.42 Å². The fraction of sp³-hybridized carbons (Fsp3) is 0.316. The molecular weight excluding hydrogens is 306 g/mol. The van der Waals surface area contributed by atoms with Gasteiger partial charge in [-0.2, -0.15) is 12.8 Å². The zero-order chi connectivity index (χ0) is 16.9. The number of sulfonamides is 1. The molecule has 3 nitrogen and oxygen atoms in total. The smallest absolute Gasteiger partial charge is 0.199 e. The second kappa shape index (κ2) is 7.55. The van der Waals surface area contributed by atoms with Crippen molar-refractivity contribution in [2.45, 2.75) is 44.9 Å². The third kappa shape index (κ3) is 4.76. The summed E-state index contributed by atoms with van der Waals surface area (Å²) < 4.78 is 28.7. The first kappa shape index (κ1) is 17.4. The number of rotatable bonds is 6. The van der Waals surface area contributed by atoms with E-state index in [4.69, 9.17) is 0 Å². The van der Waals surface area contributed by atoms with Crippen molar-refractivity contribution in [3.05, 3.63) is 65.2 Å². The standard InChI is InChI=1S/C19H23NO2S/c1-4-5-6-17-9-11-18(12-10-17)16(3)20-23(21,22)19-13-7-15(2)8-14-19/h7-14H,4-6H2,1-3H3/b20-16+. The Bertz CT molecular complexity index is 773. The summed E-state index contributed by atoms with van der Waals surface area (Å²) >= 11 is 0. The van der Waals surface area contributed by atoms with Gasteiger partial charge in [0.25, 0.3) is 10.0 Å². The zero-order valence-corrected chi connectivity index (χ0v) is 14.7. The van der Waals surface area contributed by atoms with Crippen molar-refractivity contribution in [2.24, 2.45) is 4.40 Å². The highest BCUT2D eigenvalue weighted by atomic mass is 32.2. The van der Waals surface area contributed by atoms with E-state index in [2.05, 4.69) is 11.3 Å². The number of aryl methyl sites for hydroxylation is 2. The molecule has 122 valence electrons. The van der Waals surface area contributed by atoms with Gasteiger partial charge in [-0.25, -0.2) is 0 Å². The first-order valence-corrected chi connectivity index (χ1v) is 9.34. The van der Waals surface area contributed by atoms with E-state index in [1.54, 1.807) is 31.2 Å². The van der Waals surface area contributed by atoms with E-state index >= 15 is 0 Å². The minimum Gasteiger partial charge on any atom is -0.199 e. The van der Waals surface area contributed by atoms with Crippen LogP contribution in [-0.2, 0) is 16.4 Å². The molecule has 0 bridgehead atoms. The Morgan fingerprint density at radius 2 is 1.61 bits per heavy atom. The summed E-state index contributed by atoms with van der Waals surface area (Å²) in [7, 11) is -3.66. The molecule has 0 amide bonds. The second-order valence-corrected chi connectivity index (χ2v) is 7.37. The first-order valence-electron chi connectivity index (χ1n) is 7.90. The molecule has 0 atom stereocenters. The fourth-order valence-corrected chi connectivity index (χ4v) is 3.34. The van der Waals surface area contributed by atoms with Gasteiger partial charge in [-0.1, -0.05) is 55.3 Å². The Balaban J connectivity index is 2.22. The van der Waals surface area contributed by atoms with Crippen LogP contribution in [0.5, 0.6) is 0 Å². The topological polar surface area (TPSA) is 46.5 Å². The first-order chi connectivity index (χ1) is 10.9. The lowest BCUT2D eigenvalue weighted by atomic mass is 10.0. The lowest BCUT2D eigenvalue weighted by Gasteiger charge is -2.05. The van der Waals surface area contributed by atoms with Gasteiger partial charge >= 0.3 is 0 Å². The molecule has 0 aliphatic rings. The highest BCUT2D eigenvalue weighted by Gasteiger charge is 2.13. The van der Waals surface area contributed by atoms with Crippen LogP contribution < -0.4 is 0 Å². The normalized spacial score (nSPS) is 12.4. The molecule has 0 saturated carbocycles. The lowest BCUT2D eigenvalue weighted by Crippen LogP contribution is -2.03. The summed E-state index contributed by atoms with van der Waals surface area (Å²) in [5, 5.41) is 0. The molecule has 0 aliphatic carbocycles. The molecule has 2 rings (SSSR count). The molecule has 0 spiro atoms. The Morgan fingerprint density at radius 1 is 1.00 bits per heavy atom. The molecule has 0 unspecified atom stereocenters. The van der Waals surface area contributed by atoms with Crippen LogP contribution in [0.4, 0.5) is 0 Å². The Hall–Kier alpha value is -1.94. The third-order valence-electron chi connectivity index (χ3n) is 3.77. The van der Waals surface area contributed by atoms with Crippen molar-refractivity contribution in [3.8, 4) is 0 Å². The molecule has 23 heavy (non-hydrogen) atoms. The molecule has 0 aliphatic heterocycles. The number of hydrogen-bond donors (Lipinski definition) is 0. The fourth-order valence-electron chi connectivity index (χ4n) is 2.29. The van der Waals surface area contributed by atoms with Crippen LogP contribution in [0.25, 0.3) is 0 Å². The molecule has 0 heterocycles. The minimum atomic E-state index is -3.66. The monoisotopic (exact) mass is 329 g/mol. The van der Waals surface area contributed by atoms with Crippen LogP contribution in [0.2, 0.25) is 0 Å². The number of hydrogen-bond acceptors (Lipinski definition) is 2. The molecule has 2 aromatic rings. The van der Waals surface area contributed by atoms with Gasteiger partial charge in [-0.3, -0.25) is 0 Å². The third-order valence-corrected chi connectivity index (χ3v) is 5.15. The highest BCUT2D eigenvalue weighted by Crippen LogP contribution is 2.15. The Kier molecular flexibility index (Phi) is 5.72. The molecule has 2 aromatic carbocycles. The number of nitrogens with zero attached hydrogens (tertiary/aromatic N) is 1. The van der Waals surface area contributed by atoms with Crippen molar-refractivity contribution in [1.29, 1.82) is 0 Å². The molecular formula is C19H23NO2S. The molecule has 0 N–H and O–H groups in total. The van der Waals surface area contributed by atoms with E-state index in [0.717, 1.165) is 30.4 Å². The summed E-state index contributed by atoms with van der Waals surface area (Å²) in [6.07, 6.45) is 3.37. The average Bonchev–Trinajstić information content (AvgIpc) is 2.53. The van der Waals surface area contributed by atoms with Crippen LogP contribution in [0.3, 0.4) is 0 Å². The molecule has 4 heteroatoms. The van der Waals surface area contributed by atoms with E-state index in [1.807, 2.05) is 31.2 Å². The zero-order valence-electron chi connectivity index (χ0n) is 13.9. The molecule has 0 saturated heterocycles. The summed E-state index contributed by atoms with van der Waals surface area (Å²) in [5.41, 5.74) is 3.63. The Labute approximate surface area is 139 Å². The van der Waals surface area contributed by atoms with Gasteiger partial charge in [-0.15, -0.1) is 0 Å². The van der Waals surface area contributed by atoms with Crippen molar-refractivity contribution in [3.63, 3.8) is 0 Å². The van der Waals surface area contributed by atoms with Crippen molar-refractivity contribution in [2.75, 3.05) is 0 Å². The van der Waals surface area contributed by atoms with Crippen molar-refractivity contribution >= 4 is 15.7 Å². The van der Waals surface area contributed by atoms with Gasteiger partial charge in [0.05, 0.1) is 10.6 Å². The maximum atomic E-state index is 12.3. The summed E-state index contributed by atoms with van der Waals surface area (Å²) in [5.74, 6) is 0. The predicted molar refractivity (Wildman–Crippen MR) is 95.6 cm³/mol. The molecule has 0 fully saturated rings. The van der Waals surface area contributed by atoms with Gasteiger partial charge < -0.3 is 0 Å². The van der Waals surface area contributed by atoms with Crippen molar-refractivity contribution in [1.82, 2.24) is 0 Å². The van der Waals surface area contributed by atoms with Gasteiger partial charge in [0.1, 0.15) is 0 Å². The van der Waals surface area contributed by atoms with Crippen LogP contribution in [0.1, 0.15) is 43.4 Å². The second-order valence-electron chi connectivity index (χ2n) is 5.77. The SMILES string of the molecule is CCCCc1ccc(/C(C)=N/S(=O)(=O)c2ccc(C)cc2)cc1. The maximum absolute atomic E-state index is 12.3. The minimum absolute atomic E-state index is 0.224. The highest BCUT2D eigenvalue weighted by molar-refractivity contribution is 7.90. The molecule has 0 radical (unpaired) electrons. The van der Waals surface area contributed by atoms with Gasteiger partial charge in [-0.05, 0) is 49.9 Å². The van der Waals surface area contributed by atoms with E-state index in [0.29, 0.717) is 5.71 Å². The van der Waals surface area contributed by atoms with Gasteiger partial charge in [0, 0.05) is 0 Å². The van der Waals surface area contributed by atoms with E-state index in [-0.39, 0.29) is 4.90 Å². The average molecular weight is 329 g/mol. The largest absolute Gasteiger partial charge is 0.282 e. The summed E-state index contributed by atoms with van der Waals surface area (Å²) in [6, 6.07) is 14.7. The van der Waals surface area contributed by atoms with Gasteiger partial charge in [0.15, 0.2) is 0 Å². The Morgan fingerprint density at radius 3 is 2.17 bits per heavy atom. The van der Waals surface area contributed by atoms with Crippen LogP contribution >= 0.6 is 0 Å². The van der Waals surface area contributed by atoms with Gasteiger partial charge in [0.2, 0.25) is 0 Å². The van der Waals surface area contributed by atoms with Crippen LogP contribution in [-0.4, -0.2) is 14.1 Å². The lowest BCUT2D eigenvalue weighted by molar-refractivity contribution is 0.598. The summed E-state index contributed by atoms with van der Waals surface area (Å²) in [6.45, 7) is 5.82. The van der Waals surface area contributed by atoms with E-state index in [1.165, 1.54) is 5.56 Å². The predicted octanol–water partition coefficient (Wildman–Crippen LogP) is 4.54. The van der Waals surface area contributed by atoms with E-state index < -0.39 is 10.0 Å². The molecule has 0 aromatic heterocycles. The van der Waals surface area contributed by atoms with Crippen LogP contribution in [0.15, 0.2) is 57.8 Å².